The van der Waals surface area contributed by atoms with E-state index in [0.29, 0.717) is 24.2 Å². The van der Waals surface area contributed by atoms with E-state index in [-0.39, 0.29) is 24.8 Å². The van der Waals surface area contributed by atoms with Gasteiger partial charge in [-0.25, -0.2) is 4.79 Å². The number of oxazole rings is 1. The highest BCUT2D eigenvalue weighted by Gasteiger charge is 2.23. The third-order valence-electron chi connectivity index (χ3n) is 4.54. The average Bonchev–Trinajstić information content (AvgIpc) is 2.87. The molecule has 3 rings (SSSR count). The zero-order valence-electron chi connectivity index (χ0n) is 13.7. The number of β-amino-alcohol motifs (C(OH)–C–C–N with tert-alkyl or cyclic N) is 1. The van der Waals surface area contributed by atoms with E-state index in [2.05, 4.69) is 10.6 Å². The molecule has 2 atom stereocenters. The van der Waals surface area contributed by atoms with E-state index in [9.17, 15) is 14.7 Å². The Morgan fingerprint density at radius 3 is 3.12 bits per heavy atom. The lowest BCUT2D eigenvalue weighted by atomic mass is 9.95. The summed E-state index contributed by atoms with van der Waals surface area (Å²) in [6.45, 7) is 4.10. The van der Waals surface area contributed by atoms with Crippen LogP contribution >= 0.6 is 0 Å². The van der Waals surface area contributed by atoms with E-state index in [1.807, 2.05) is 19.1 Å². The third-order valence-corrected chi connectivity index (χ3v) is 4.54. The molecule has 2 heterocycles. The van der Waals surface area contributed by atoms with Crippen molar-refractivity contribution in [3.63, 3.8) is 0 Å². The first-order valence-electron chi connectivity index (χ1n) is 8.30. The Morgan fingerprint density at radius 1 is 1.50 bits per heavy atom. The van der Waals surface area contributed by atoms with Crippen molar-refractivity contribution in [1.82, 2.24) is 15.2 Å². The number of nitrogens with zero attached hydrogens (tertiary/aromatic N) is 1. The highest BCUT2D eigenvalue weighted by Crippen LogP contribution is 2.15. The molecule has 1 aromatic heterocycles. The van der Waals surface area contributed by atoms with Crippen LogP contribution in [0.2, 0.25) is 0 Å². The van der Waals surface area contributed by atoms with Gasteiger partial charge in [0.2, 0.25) is 5.91 Å². The van der Waals surface area contributed by atoms with Crippen LogP contribution in [0.5, 0.6) is 0 Å². The summed E-state index contributed by atoms with van der Waals surface area (Å²) < 4.78 is 6.68. The van der Waals surface area contributed by atoms with Gasteiger partial charge in [0, 0.05) is 32.0 Å². The van der Waals surface area contributed by atoms with Crippen LogP contribution in [0.25, 0.3) is 11.1 Å². The molecule has 1 fully saturated rings. The minimum absolute atomic E-state index is 0.0790. The summed E-state index contributed by atoms with van der Waals surface area (Å²) in [5, 5.41) is 15.8. The molecular formula is C17H23N3O4. The van der Waals surface area contributed by atoms with E-state index in [1.54, 1.807) is 6.07 Å². The van der Waals surface area contributed by atoms with Crippen molar-refractivity contribution in [2.45, 2.75) is 32.4 Å². The molecule has 130 valence electrons. The van der Waals surface area contributed by atoms with Crippen LogP contribution in [0.3, 0.4) is 0 Å². The number of piperidine rings is 1. The monoisotopic (exact) mass is 333 g/mol. The molecule has 1 amide bonds. The molecule has 0 radical (unpaired) electrons. The van der Waals surface area contributed by atoms with Crippen LogP contribution in [-0.2, 0) is 11.3 Å². The lowest BCUT2D eigenvalue weighted by molar-refractivity contribution is -0.121. The number of aliphatic hydroxyl groups is 1. The quantitative estimate of drug-likeness (QED) is 0.735. The van der Waals surface area contributed by atoms with Gasteiger partial charge in [0.1, 0.15) is 0 Å². The van der Waals surface area contributed by atoms with Crippen LogP contribution < -0.4 is 16.4 Å². The summed E-state index contributed by atoms with van der Waals surface area (Å²) in [5.74, 6) is -0.498. The van der Waals surface area contributed by atoms with Crippen LogP contribution in [0.4, 0.5) is 0 Å². The number of aliphatic hydroxyl groups excluding tert-OH is 1. The number of rotatable bonds is 5. The molecule has 0 bridgehead atoms. The number of hydrogen-bond acceptors (Lipinski definition) is 5. The fraction of sp³-hybridized carbons (Fsp3) is 0.529. The Kier molecular flexibility index (Phi) is 5.01. The Balaban J connectivity index is 1.57. The first kappa shape index (κ1) is 16.7. The average molecular weight is 333 g/mol. The molecule has 7 nitrogen and oxygen atoms in total. The molecule has 7 heteroatoms. The van der Waals surface area contributed by atoms with Gasteiger partial charge in [-0.15, -0.1) is 0 Å². The second kappa shape index (κ2) is 7.19. The van der Waals surface area contributed by atoms with Crippen molar-refractivity contribution in [3.05, 3.63) is 34.3 Å². The number of amides is 1. The maximum absolute atomic E-state index is 12.0. The van der Waals surface area contributed by atoms with Crippen molar-refractivity contribution in [2.24, 2.45) is 5.92 Å². The van der Waals surface area contributed by atoms with Crippen LogP contribution in [-0.4, -0.2) is 41.3 Å². The van der Waals surface area contributed by atoms with E-state index in [1.165, 1.54) is 4.57 Å². The smallest absolute Gasteiger partial charge is 0.408 e. The van der Waals surface area contributed by atoms with Crippen molar-refractivity contribution < 1.29 is 14.3 Å². The van der Waals surface area contributed by atoms with Crippen LogP contribution in [0.1, 0.15) is 18.4 Å². The lowest BCUT2D eigenvalue weighted by Crippen LogP contribution is -2.45. The Bertz CT molecular complexity index is 780. The molecule has 2 aromatic rings. The van der Waals surface area contributed by atoms with Gasteiger partial charge in [-0.1, -0.05) is 6.07 Å². The highest BCUT2D eigenvalue weighted by molar-refractivity contribution is 5.77. The van der Waals surface area contributed by atoms with Gasteiger partial charge in [0.15, 0.2) is 5.58 Å². The van der Waals surface area contributed by atoms with Crippen molar-refractivity contribution in [1.29, 1.82) is 0 Å². The summed E-state index contributed by atoms with van der Waals surface area (Å²) in [5.41, 5.74) is 2.27. The molecular weight excluding hydrogens is 310 g/mol. The van der Waals surface area contributed by atoms with Gasteiger partial charge in [-0.05, 0) is 37.6 Å². The summed E-state index contributed by atoms with van der Waals surface area (Å²) in [4.78, 5) is 24.0. The second-order valence-electron chi connectivity index (χ2n) is 6.37. The molecule has 0 saturated carbocycles. The topological polar surface area (TPSA) is 96.5 Å². The summed E-state index contributed by atoms with van der Waals surface area (Å²) in [6.07, 6.45) is 0.610. The van der Waals surface area contributed by atoms with E-state index >= 15 is 0 Å². The number of carbonyl (C=O) groups is 1. The predicted octanol–water partition coefficient (Wildman–Crippen LogP) is 0.380. The Hall–Kier alpha value is -2.12. The number of nitrogens with one attached hydrogen (secondary N) is 2. The first-order chi connectivity index (χ1) is 11.5. The SMILES string of the molecule is Cc1ccc2oc(=O)n(CCC(=O)NC[C@@H]3CCNC[C@H]3O)c2c1. The molecule has 1 saturated heterocycles. The van der Waals surface area contributed by atoms with Crippen LogP contribution in [0, 0.1) is 12.8 Å². The van der Waals surface area contributed by atoms with Gasteiger partial charge in [-0.3, -0.25) is 9.36 Å². The predicted molar refractivity (Wildman–Crippen MR) is 89.8 cm³/mol. The van der Waals surface area contributed by atoms with Gasteiger partial charge < -0.3 is 20.2 Å². The first-order valence-corrected chi connectivity index (χ1v) is 8.30. The standard InChI is InChI=1S/C17H23N3O4/c1-11-2-3-15-13(8-11)20(17(23)24-15)7-5-16(22)19-9-12-4-6-18-10-14(12)21/h2-3,8,12,14,18,21H,4-7,9-10H2,1H3,(H,19,22)/t12-,14+/m0/s1. The molecule has 0 spiro atoms. The van der Waals surface area contributed by atoms with Gasteiger partial charge in [0.05, 0.1) is 11.6 Å². The molecule has 1 aromatic carbocycles. The zero-order chi connectivity index (χ0) is 17.1. The van der Waals surface area contributed by atoms with Crippen molar-refractivity contribution in [2.75, 3.05) is 19.6 Å². The van der Waals surface area contributed by atoms with Crippen molar-refractivity contribution in [3.8, 4) is 0 Å². The van der Waals surface area contributed by atoms with Crippen molar-refractivity contribution >= 4 is 17.0 Å². The van der Waals surface area contributed by atoms with Crippen LogP contribution in [0.15, 0.2) is 27.4 Å². The number of benzene rings is 1. The van der Waals surface area contributed by atoms with E-state index in [4.69, 9.17) is 4.42 Å². The number of carbonyl (C=O) groups excluding carboxylic acids is 1. The minimum Gasteiger partial charge on any atom is -0.408 e. The minimum atomic E-state index is -0.447. The molecule has 3 N–H and O–H groups in total. The molecule has 0 aliphatic carbocycles. The summed E-state index contributed by atoms with van der Waals surface area (Å²) >= 11 is 0. The Morgan fingerprint density at radius 2 is 2.33 bits per heavy atom. The number of aryl methyl sites for hydroxylation is 2. The maximum Gasteiger partial charge on any atom is 0.419 e. The fourth-order valence-electron chi connectivity index (χ4n) is 3.07. The third kappa shape index (κ3) is 3.68. The summed E-state index contributed by atoms with van der Waals surface area (Å²) in [7, 11) is 0. The van der Waals surface area contributed by atoms with Gasteiger partial charge >= 0.3 is 5.76 Å². The highest BCUT2D eigenvalue weighted by atomic mass is 16.4. The fourth-order valence-corrected chi connectivity index (χ4v) is 3.07. The molecule has 0 unspecified atom stereocenters. The second-order valence-corrected chi connectivity index (χ2v) is 6.37. The normalized spacial score (nSPS) is 21.1. The maximum atomic E-state index is 12.0. The number of fused-ring (bicyclic) bond motifs is 1. The van der Waals surface area contributed by atoms with Gasteiger partial charge in [-0.2, -0.15) is 0 Å². The van der Waals surface area contributed by atoms with E-state index < -0.39 is 11.9 Å². The Labute approximate surface area is 139 Å². The lowest BCUT2D eigenvalue weighted by Gasteiger charge is -2.28. The number of hydrogen-bond donors (Lipinski definition) is 3. The molecule has 1 aliphatic rings. The van der Waals surface area contributed by atoms with Gasteiger partial charge in [0.25, 0.3) is 0 Å². The van der Waals surface area contributed by atoms with E-state index in [0.717, 1.165) is 18.5 Å². The largest absolute Gasteiger partial charge is 0.419 e. The molecule has 1 aliphatic heterocycles. The summed E-state index contributed by atoms with van der Waals surface area (Å²) in [6, 6.07) is 5.53. The molecule has 24 heavy (non-hydrogen) atoms. The zero-order valence-corrected chi connectivity index (χ0v) is 13.7. The number of aromatic nitrogens is 1.